The van der Waals surface area contributed by atoms with Crippen LogP contribution in [0.2, 0.25) is 0 Å². The van der Waals surface area contributed by atoms with Crippen molar-refractivity contribution in [1.29, 1.82) is 0 Å². The van der Waals surface area contributed by atoms with Crippen molar-refractivity contribution in [2.24, 2.45) is 16.6 Å². The number of aryl methyl sites for hydroxylation is 1. The van der Waals surface area contributed by atoms with Crippen LogP contribution in [0.1, 0.15) is 15.9 Å². The van der Waals surface area contributed by atoms with Crippen LogP contribution in [-0.4, -0.2) is 25.0 Å². The Balaban J connectivity index is 2.38. The molecule has 0 bridgehead atoms. The van der Waals surface area contributed by atoms with Crippen LogP contribution < -0.4 is 22.3 Å². The van der Waals surface area contributed by atoms with Crippen LogP contribution in [0.25, 0.3) is 0 Å². The molecule has 92 valence electrons. The normalized spacial score (nSPS) is 11.1. The van der Waals surface area contributed by atoms with Gasteiger partial charge < -0.3 is 11.1 Å². The molecule has 6 N–H and O–H groups in total. The first kappa shape index (κ1) is 13.0. The molecule has 1 rings (SSSR count). The van der Waals surface area contributed by atoms with Crippen LogP contribution in [0, 0.1) is 6.92 Å². The molecule has 0 fully saturated rings. The summed E-state index contributed by atoms with van der Waals surface area (Å²) in [5, 5.41) is 2.73. The third-order valence-electron chi connectivity index (χ3n) is 2.14. The highest BCUT2D eigenvalue weighted by molar-refractivity contribution is 5.94. The Bertz CT molecular complexity index is 399. The van der Waals surface area contributed by atoms with Crippen molar-refractivity contribution >= 4 is 11.9 Å². The summed E-state index contributed by atoms with van der Waals surface area (Å²) < 4.78 is 0. The first-order chi connectivity index (χ1) is 8.13. The van der Waals surface area contributed by atoms with Crippen molar-refractivity contribution < 1.29 is 4.79 Å². The highest BCUT2D eigenvalue weighted by Gasteiger charge is 2.02. The number of carbonyl (C=O) groups is 1. The van der Waals surface area contributed by atoms with Gasteiger partial charge in [0.15, 0.2) is 0 Å². The molecule has 17 heavy (non-hydrogen) atoms. The Morgan fingerprint density at radius 3 is 2.59 bits per heavy atom. The van der Waals surface area contributed by atoms with Crippen molar-refractivity contribution in [1.82, 2.24) is 10.7 Å². The molecule has 0 spiro atoms. The SMILES string of the molecule is Cc1ccc(C(=O)NCCN=C(N)NN)cc1. The average molecular weight is 235 g/mol. The van der Waals surface area contributed by atoms with Crippen LogP contribution in [0.5, 0.6) is 0 Å². The monoisotopic (exact) mass is 235 g/mol. The van der Waals surface area contributed by atoms with E-state index in [-0.39, 0.29) is 11.9 Å². The zero-order chi connectivity index (χ0) is 12.7. The van der Waals surface area contributed by atoms with Gasteiger partial charge in [-0.15, -0.1) is 0 Å². The largest absolute Gasteiger partial charge is 0.369 e. The van der Waals surface area contributed by atoms with Gasteiger partial charge in [-0.1, -0.05) is 17.7 Å². The third kappa shape index (κ3) is 4.52. The minimum absolute atomic E-state index is 0.125. The maximum atomic E-state index is 11.6. The lowest BCUT2D eigenvalue weighted by Crippen LogP contribution is -2.37. The predicted octanol–water partition coefficient (Wildman–Crippen LogP) is -0.497. The summed E-state index contributed by atoms with van der Waals surface area (Å²) in [4.78, 5) is 15.5. The maximum absolute atomic E-state index is 11.6. The van der Waals surface area contributed by atoms with Crippen LogP contribution >= 0.6 is 0 Å². The summed E-state index contributed by atoms with van der Waals surface area (Å²) in [5.74, 6) is 5.05. The molecule has 0 saturated heterocycles. The summed E-state index contributed by atoms with van der Waals surface area (Å²) in [6.45, 7) is 2.77. The van der Waals surface area contributed by atoms with E-state index in [2.05, 4.69) is 15.7 Å². The fourth-order valence-electron chi connectivity index (χ4n) is 1.20. The van der Waals surface area contributed by atoms with Crippen LogP contribution in [0.3, 0.4) is 0 Å². The Kier molecular flexibility index (Phi) is 4.96. The van der Waals surface area contributed by atoms with Crippen molar-refractivity contribution in [2.45, 2.75) is 6.92 Å². The van der Waals surface area contributed by atoms with Gasteiger partial charge >= 0.3 is 0 Å². The minimum Gasteiger partial charge on any atom is -0.369 e. The number of benzene rings is 1. The fraction of sp³-hybridized carbons (Fsp3) is 0.273. The number of hydrazine groups is 1. The van der Waals surface area contributed by atoms with Gasteiger partial charge in [0.1, 0.15) is 0 Å². The predicted molar refractivity (Wildman–Crippen MR) is 67.3 cm³/mol. The first-order valence-corrected chi connectivity index (χ1v) is 5.25. The molecule has 6 heteroatoms. The number of nitrogens with two attached hydrogens (primary N) is 2. The molecule has 0 heterocycles. The number of guanidine groups is 1. The number of rotatable bonds is 4. The van der Waals surface area contributed by atoms with Crippen LogP contribution in [-0.2, 0) is 0 Å². The molecule has 1 aromatic carbocycles. The van der Waals surface area contributed by atoms with Crippen LogP contribution in [0.15, 0.2) is 29.3 Å². The number of aliphatic imine (C=N–C) groups is 1. The van der Waals surface area contributed by atoms with E-state index >= 15 is 0 Å². The molecule has 0 aliphatic heterocycles. The lowest BCUT2D eigenvalue weighted by atomic mass is 10.1. The second-order valence-electron chi connectivity index (χ2n) is 3.53. The zero-order valence-electron chi connectivity index (χ0n) is 9.73. The van der Waals surface area contributed by atoms with Gasteiger partial charge in [0.25, 0.3) is 5.91 Å². The van der Waals surface area contributed by atoms with E-state index in [0.29, 0.717) is 18.7 Å². The highest BCUT2D eigenvalue weighted by Crippen LogP contribution is 2.02. The number of amides is 1. The quantitative estimate of drug-likeness (QED) is 0.186. The second kappa shape index (κ2) is 6.49. The number of carbonyl (C=O) groups excluding carboxylic acids is 1. The van der Waals surface area contributed by atoms with Gasteiger partial charge in [-0.3, -0.25) is 15.2 Å². The minimum atomic E-state index is -0.125. The van der Waals surface area contributed by atoms with E-state index in [4.69, 9.17) is 11.6 Å². The molecule has 0 unspecified atom stereocenters. The van der Waals surface area contributed by atoms with E-state index in [1.54, 1.807) is 12.1 Å². The molecule has 1 aromatic rings. The number of nitrogens with one attached hydrogen (secondary N) is 2. The zero-order valence-corrected chi connectivity index (χ0v) is 9.73. The molecular weight excluding hydrogens is 218 g/mol. The highest BCUT2D eigenvalue weighted by atomic mass is 16.1. The van der Waals surface area contributed by atoms with E-state index < -0.39 is 0 Å². The smallest absolute Gasteiger partial charge is 0.251 e. The summed E-state index contributed by atoms with van der Waals surface area (Å²) >= 11 is 0. The number of hydrogen-bond acceptors (Lipinski definition) is 3. The summed E-state index contributed by atoms with van der Waals surface area (Å²) in [6.07, 6.45) is 0. The Labute approximate surface area is 100 Å². The molecule has 0 atom stereocenters. The van der Waals surface area contributed by atoms with E-state index in [1.807, 2.05) is 19.1 Å². The van der Waals surface area contributed by atoms with Gasteiger partial charge in [0, 0.05) is 12.1 Å². The van der Waals surface area contributed by atoms with Gasteiger partial charge in [-0.2, -0.15) is 0 Å². The van der Waals surface area contributed by atoms with Crippen molar-refractivity contribution in [3.8, 4) is 0 Å². The summed E-state index contributed by atoms with van der Waals surface area (Å²) in [7, 11) is 0. The molecule has 0 aliphatic carbocycles. The molecule has 6 nitrogen and oxygen atoms in total. The van der Waals surface area contributed by atoms with E-state index in [9.17, 15) is 4.79 Å². The molecule has 0 aliphatic rings. The molecule has 0 aromatic heterocycles. The third-order valence-corrected chi connectivity index (χ3v) is 2.14. The summed E-state index contributed by atoms with van der Waals surface area (Å²) in [6, 6.07) is 7.35. The standard InChI is InChI=1S/C11H17N5O/c1-8-2-4-9(5-3-8)10(17)14-6-7-15-11(12)16-13/h2-5H,6-7,13H2,1H3,(H,14,17)(H3,12,15,16). The Hall–Kier alpha value is -2.08. The maximum Gasteiger partial charge on any atom is 0.251 e. The van der Waals surface area contributed by atoms with E-state index in [1.165, 1.54) is 0 Å². The number of nitrogens with zero attached hydrogens (tertiary/aromatic N) is 1. The molecule has 0 saturated carbocycles. The first-order valence-electron chi connectivity index (χ1n) is 5.25. The van der Waals surface area contributed by atoms with Gasteiger partial charge in [-0.05, 0) is 19.1 Å². The average Bonchev–Trinajstić information content (AvgIpc) is 2.34. The van der Waals surface area contributed by atoms with Crippen LogP contribution in [0.4, 0.5) is 0 Å². The lowest BCUT2D eigenvalue weighted by Gasteiger charge is -2.04. The fourth-order valence-corrected chi connectivity index (χ4v) is 1.20. The molecule has 1 amide bonds. The van der Waals surface area contributed by atoms with Crippen molar-refractivity contribution in [3.05, 3.63) is 35.4 Å². The van der Waals surface area contributed by atoms with Gasteiger partial charge in [-0.25, -0.2) is 5.84 Å². The lowest BCUT2D eigenvalue weighted by molar-refractivity contribution is 0.0955. The van der Waals surface area contributed by atoms with Gasteiger partial charge in [0.05, 0.1) is 6.54 Å². The molecular formula is C11H17N5O. The van der Waals surface area contributed by atoms with E-state index in [0.717, 1.165) is 5.56 Å². The Morgan fingerprint density at radius 2 is 2.00 bits per heavy atom. The number of hydrogen-bond donors (Lipinski definition) is 4. The summed E-state index contributed by atoms with van der Waals surface area (Å²) in [5.41, 5.74) is 9.27. The van der Waals surface area contributed by atoms with Crippen molar-refractivity contribution in [2.75, 3.05) is 13.1 Å². The van der Waals surface area contributed by atoms with Gasteiger partial charge in [0.2, 0.25) is 5.96 Å². The van der Waals surface area contributed by atoms with Crippen molar-refractivity contribution in [3.63, 3.8) is 0 Å². The topological polar surface area (TPSA) is 106 Å². The second-order valence-corrected chi connectivity index (χ2v) is 3.53. The molecule has 0 radical (unpaired) electrons. The Morgan fingerprint density at radius 1 is 1.35 bits per heavy atom.